The third kappa shape index (κ3) is 6.31. The molecule has 3 N–H and O–H groups in total. The maximum atomic E-state index is 11.3. The van der Waals surface area contributed by atoms with Crippen LogP contribution < -0.4 is 5.32 Å². The molecule has 0 spiro atoms. The van der Waals surface area contributed by atoms with Crippen LogP contribution in [-0.2, 0) is 6.42 Å². The maximum Gasteiger partial charge on any atom is 0.335 e. The minimum atomic E-state index is -0.898. The summed E-state index contributed by atoms with van der Waals surface area (Å²) in [4.78, 5) is 11.3. The summed E-state index contributed by atoms with van der Waals surface area (Å²) in [5.41, 5.74) is 6.25. The van der Waals surface area contributed by atoms with Crippen molar-refractivity contribution in [2.45, 2.75) is 26.4 Å². The van der Waals surface area contributed by atoms with Crippen molar-refractivity contribution in [3.63, 3.8) is 0 Å². The lowest BCUT2D eigenvalue weighted by molar-refractivity contribution is 0.0696. The first-order valence-electron chi connectivity index (χ1n) is 9.94. The molecule has 0 fully saturated rings. The predicted molar refractivity (Wildman–Crippen MR) is 129 cm³/mol. The lowest BCUT2D eigenvalue weighted by Gasteiger charge is -2.13. The van der Waals surface area contributed by atoms with Gasteiger partial charge in [-0.2, -0.15) is 0 Å². The van der Waals surface area contributed by atoms with Crippen LogP contribution in [0.15, 0.2) is 60.7 Å². The van der Waals surface area contributed by atoms with Crippen LogP contribution in [0.3, 0.4) is 0 Å². The molecule has 0 bridgehead atoms. The number of halogens is 2. The van der Waals surface area contributed by atoms with Gasteiger partial charge in [0, 0.05) is 11.6 Å². The Kier molecular flexibility index (Phi) is 9.08. The topological polar surface area (TPSA) is 69.6 Å². The second-order valence-corrected chi connectivity index (χ2v) is 7.87. The van der Waals surface area contributed by atoms with Crippen LogP contribution >= 0.6 is 24.0 Å². The minimum absolute atomic E-state index is 0. The Morgan fingerprint density at radius 2 is 1.74 bits per heavy atom. The summed E-state index contributed by atoms with van der Waals surface area (Å²) in [6.45, 7) is 5.02. The Labute approximate surface area is 194 Å². The average molecular weight is 460 g/mol. The molecule has 0 heterocycles. The van der Waals surface area contributed by atoms with E-state index in [4.69, 9.17) is 11.6 Å². The predicted octanol–water partition coefficient (Wildman–Crippen LogP) is 5.61. The number of hydrogen-bond donors (Lipinski definition) is 3. The van der Waals surface area contributed by atoms with Gasteiger partial charge in [-0.1, -0.05) is 54.1 Å². The molecule has 0 aliphatic carbocycles. The number of benzene rings is 3. The smallest absolute Gasteiger partial charge is 0.335 e. The SMILES string of the molecule is Cc1c(C(=O)O)ccc(-c2ccc(CCNC[C@H](O)c3cccc(Cl)c3)cc2)c1C.Cl. The Hall–Kier alpha value is -2.37. The maximum absolute atomic E-state index is 11.3. The molecule has 0 saturated carbocycles. The number of nitrogens with one attached hydrogen (secondary N) is 1. The van der Waals surface area contributed by atoms with E-state index in [2.05, 4.69) is 29.6 Å². The lowest BCUT2D eigenvalue weighted by atomic mass is 9.93. The van der Waals surface area contributed by atoms with E-state index in [-0.39, 0.29) is 12.4 Å². The van der Waals surface area contributed by atoms with Crippen LogP contribution in [0.1, 0.15) is 38.7 Å². The van der Waals surface area contributed by atoms with Crippen LogP contribution in [0.2, 0.25) is 5.02 Å². The van der Waals surface area contributed by atoms with Gasteiger partial charge in [-0.3, -0.25) is 0 Å². The summed E-state index contributed by atoms with van der Waals surface area (Å²) < 4.78 is 0. The Balaban J connectivity index is 0.00000341. The number of aromatic carboxylic acids is 1. The standard InChI is InChI=1S/C25H26ClNO3.ClH/c1-16-17(2)23(25(29)30)11-10-22(16)19-8-6-18(7-9-19)12-13-27-15-24(28)20-4-3-5-21(26)14-20;/h3-11,14,24,27-28H,12-13,15H2,1-2H3,(H,29,30);1H/t24-;/m0./s1. The molecule has 0 aliphatic heterocycles. The van der Waals surface area contributed by atoms with Crippen molar-refractivity contribution in [1.29, 1.82) is 0 Å². The molecule has 3 aromatic carbocycles. The van der Waals surface area contributed by atoms with Gasteiger partial charge in [-0.05, 0) is 78.4 Å². The van der Waals surface area contributed by atoms with Crippen LogP contribution in [0, 0.1) is 13.8 Å². The van der Waals surface area contributed by atoms with Crippen molar-refractivity contribution in [3.8, 4) is 11.1 Å². The molecule has 164 valence electrons. The van der Waals surface area contributed by atoms with Gasteiger partial charge in [0.1, 0.15) is 0 Å². The largest absolute Gasteiger partial charge is 0.478 e. The molecule has 3 rings (SSSR count). The molecule has 1 atom stereocenters. The van der Waals surface area contributed by atoms with Gasteiger partial charge < -0.3 is 15.5 Å². The molecular formula is C25H27Cl2NO3. The first kappa shape index (κ1) is 24.9. The third-order valence-electron chi connectivity index (χ3n) is 5.44. The third-order valence-corrected chi connectivity index (χ3v) is 5.68. The Morgan fingerprint density at radius 3 is 2.39 bits per heavy atom. The monoisotopic (exact) mass is 459 g/mol. The fourth-order valence-corrected chi connectivity index (χ4v) is 3.72. The Bertz CT molecular complexity index is 1040. The van der Waals surface area contributed by atoms with E-state index >= 15 is 0 Å². The lowest BCUT2D eigenvalue weighted by Crippen LogP contribution is -2.23. The van der Waals surface area contributed by atoms with Crippen molar-refractivity contribution < 1.29 is 15.0 Å². The second-order valence-electron chi connectivity index (χ2n) is 7.44. The van der Waals surface area contributed by atoms with Gasteiger partial charge in [0.15, 0.2) is 0 Å². The summed E-state index contributed by atoms with van der Waals surface area (Å²) in [7, 11) is 0. The molecule has 0 aliphatic rings. The van der Waals surface area contributed by atoms with Gasteiger partial charge in [0.25, 0.3) is 0 Å². The first-order chi connectivity index (χ1) is 14.4. The zero-order valence-electron chi connectivity index (χ0n) is 17.6. The molecule has 0 aromatic heterocycles. The van der Waals surface area contributed by atoms with Crippen LogP contribution in [0.25, 0.3) is 11.1 Å². The number of aliphatic hydroxyl groups is 1. The van der Waals surface area contributed by atoms with Gasteiger partial charge in [0.2, 0.25) is 0 Å². The van der Waals surface area contributed by atoms with Crippen LogP contribution in [0.5, 0.6) is 0 Å². The zero-order chi connectivity index (χ0) is 21.7. The van der Waals surface area contributed by atoms with Crippen molar-refractivity contribution in [2.24, 2.45) is 0 Å². The molecule has 0 radical (unpaired) electrons. The van der Waals surface area contributed by atoms with Crippen molar-refractivity contribution in [1.82, 2.24) is 5.32 Å². The van der Waals surface area contributed by atoms with Gasteiger partial charge >= 0.3 is 5.97 Å². The van der Waals surface area contributed by atoms with Crippen LogP contribution in [0.4, 0.5) is 0 Å². The zero-order valence-corrected chi connectivity index (χ0v) is 19.1. The van der Waals surface area contributed by atoms with Crippen LogP contribution in [-0.4, -0.2) is 29.3 Å². The highest BCUT2D eigenvalue weighted by Gasteiger charge is 2.12. The summed E-state index contributed by atoms with van der Waals surface area (Å²) in [6, 6.07) is 19.1. The fraction of sp³-hybridized carbons (Fsp3) is 0.240. The fourth-order valence-electron chi connectivity index (χ4n) is 3.52. The van der Waals surface area contributed by atoms with E-state index in [1.54, 1.807) is 18.2 Å². The van der Waals surface area contributed by atoms with E-state index in [1.165, 1.54) is 5.56 Å². The van der Waals surface area contributed by atoms with Gasteiger partial charge in [0.05, 0.1) is 11.7 Å². The summed E-state index contributed by atoms with van der Waals surface area (Å²) in [5, 5.41) is 23.4. The van der Waals surface area contributed by atoms with E-state index in [0.29, 0.717) is 17.1 Å². The number of carboxylic acids is 1. The normalized spacial score (nSPS) is 11.6. The number of rotatable bonds is 8. The number of carboxylic acid groups (broad SMARTS) is 1. The summed E-state index contributed by atoms with van der Waals surface area (Å²) in [5.74, 6) is -0.898. The molecule has 0 unspecified atom stereocenters. The van der Waals surface area contributed by atoms with Gasteiger partial charge in [-0.25, -0.2) is 4.79 Å². The van der Waals surface area contributed by atoms with E-state index in [9.17, 15) is 15.0 Å². The molecule has 6 heteroatoms. The highest BCUT2D eigenvalue weighted by Crippen LogP contribution is 2.28. The molecule has 31 heavy (non-hydrogen) atoms. The molecule has 0 saturated heterocycles. The molecule has 3 aromatic rings. The quantitative estimate of drug-likeness (QED) is 0.382. The van der Waals surface area contributed by atoms with Crippen molar-refractivity contribution in [3.05, 3.63) is 93.5 Å². The molecule has 0 amide bonds. The van der Waals surface area contributed by atoms with E-state index < -0.39 is 12.1 Å². The highest BCUT2D eigenvalue weighted by atomic mass is 35.5. The molecule has 4 nitrogen and oxygen atoms in total. The first-order valence-corrected chi connectivity index (χ1v) is 10.3. The molecular weight excluding hydrogens is 433 g/mol. The summed E-state index contributed by atoms with van der Waals surface area (Å²) in [6.07, 6.45) is 0.254. The van der Waals surface area contributed by atoms with Crippen molar-refractivity contribution >= 4 is 30.0 Å². The van der Waals surface area contributed by atoms with E-state index in [0.717, 1.165) is 40.8 Å². The minimum Gasteiger partial charge on any atom is -0.478 e. The highest BCUT2D eigenvalue weighted by molar-refractivity contribution is 6.30. The van der Waals surface area contributed by atoms with E-state index in [1.807, 2.05) is 32.0 Å². The number of hydrogen-bond acceptors (Lipinski definition) is 3. The van der Waals surface area contributed by atoms with Crippen molar-refractivity contribution in [2.75, 3.05) is 13.1 Å². The summed E-state index contributed by atoms with van der Waals surface area (Å²) >= 11 is 5.97. The Morgan fingerprint density at radius 1 is 1.03 bits per heavy atom. The number of carbonyl (C=O) groups is 1. The second kappa shape index (κ2) is 11.3. The van der Waals surface area contributed by atoms with Gasteiger partial charge in [-0.15, -0.1) is 12.4 Å². The average Bonchev–Trinajstić information content (AvgIpc) is 2.73. The number of aliphatic hydroxyl groups excluding tert-OH is 1.